The monoisotopic (exact) mass is 415 g/mol. The van der Waals surface area contributed by atoms with Crippen molar-refractivity contribution < 1.29 is 18.7 Å². The molecule has 0 fully saturated rings. The maximum absolute atomic E-state index is 13.4. The lowest BCUT2D eigenvalue weighted by atomic mass is 9.95. The number of aromatic amines is 1. The number of hydrogen-bond donors (Lipinski definition) is 1. The quantitative estimate of drug-likeness (QED) is 0.504. The van der Waals surface area contributed by atoms with E-state index in [0.717, 1.165) is 22.4 Å². The summed E-state index contributed by atoms with van der Waals surface area (Å²) in [5.74, 6) is 1.81. The Bertz CT molecular complexity index is 1220. The van der Waals surface area contributed by atoms with Crippen molar-refractivity contribution in [3.8, 4) is 22.8 Å². The Balaban J connectivity index is 1.67. The van der Waals surface area contributed by atoms with Crippen LogP contribution in [0.2, 0.25) is 0 Å². The van der Waals surface area contributed by atoms with E-state index in [2.05, 4.69) is 10.2 Å². The molecule has 0 aliphatic carbocycles. The van der Waals surface area contributed by atoms with E-state index in [4.69, 9.17) is 13.9 Å². The van der Waals surface area contributed by atoms with Gasteiger partial charge < -0.3 is 18.8 Å². The van der Waals surface area contributed by atoms with Crippen LogP contribution >= 0.6 is 0 Å². The minimum atomic E-state index is -0.360. The molecule has 3 heterocycles. The summed E-state index contributed by atoms with van der Waals surface area (Å²) in [6.45, 7) is 0.335. The molecular weight excluding hydrogens is 394 g/mol. The van der Waals surface area contributed by atoms with Gasteiger partial charge in [0.15, 0.2) is 11.5 Å². The Morgan fingerprint density at radius 3 is 2.55 bits per heavy atom. The summed E-state index contributed by atoms with van der Waals surface area (Å²) in [5.41, 5.74) is 3.93. The highest BCUT2D eigenvalue weighted by Gasteiger charge is 2.42. The van der Waals surface area contributed by atoms with Crippen LogP contribution in [0.25, 0.3) is 11.3 Å². The van der Waals surface area contributed by atoms with Crippen molar-refractivity contribution in [3.05, 3.63) is 89.5 Å². The number of H-pyrrole nitrogens is 1. The van der Waals surface area contributed by atoms with Crippen LogP contribution in [-0.2, 0) is 6.54 Å². The van der Waals surface area contributed by atoms with E-state index in [9.17, 15) is 4.79 Å². The smallest absolute Gasteiger partial charge is 0.273 e. The van der Waals surface area contributed by atoms with Crippen molar-refractivity contribution in [1.29, 1.82) is 0 Å². The van der Waals surface area contributed by atoms with Gasteiger partial charge in [0, 0.05) is 11.1 Å². The first kappa shape index (κ1) is 19.0. The van der Waals surface area contributed by atoms with Crippen molar-refractivity contribution in [3.63, 3.8) is 0 Å². The number of benzene rings is 2. The first-order valence-electron chi connectivity index (χ1n) is 9.90. The standard InChI is InChI=1S/C24H21N3O4/c1-29-18-11-10-16(13-19(18)30-2)23-20-21(15-7-4-3-5-8-15)25-26-22(20)24(28)27(23)14-17-9-6-12-31-17/h3-13,23H,14H2,1-2H3,(H,25,26)/t23-/m0/s1. The minimum absolute atomic E-state index is 0.124. The van der Waals surface area contributed by atoms with Gasteiger partial charge in [0.2, 0.25) is 0 Å². The van der Waals surface area contributed by atoms with Crippen LogP contribution < -0.4 is 9.47 Å². The Hall–Kier alpha value is -4.00. The summed E-state index contributed by atoms with van der Waals surface area (Å²) in [6, 6.07) is 18.9. The molecule has 0 saturated carbocycles. The number of nitrogens with one attached hydrogen (secondary N) is 1. The average Bonchev–Trinajstić information content (AvgIpc) is 3.53. The Morgan fingerprint density at radius 2 is 1.84 bits per heavy atom. The number of aromatic nitrogens is 2. The number of hydrogen-bond acceptors (Lipinski definition) is 5. The molecule has 156 valence electrons. The van der Waals surface area contributed by atoms with Gasteiger partial charge >= 0.3 is 0 Å². The maximum atomic E-state index is 13.4. The molecule has 1 atom stereocenters. The number of carbonyl (C=O) groups excluding carboxylic acids is 1. The predicted molar refractivity (Wildman–Crippen MR) is 114 cm³/mol. The van der Waals surface area contributed by atoms with E-state index < -0.39 is 0 Å². The first-order valence-corrected chi connectivity index (χ1v) is 9.90. The molecule has 0 radical (unpaired) electrons. The molecule has 7 nitrogen and oxygen atoms in total. The van der Waals surface area contributed by atoms with Crippen LogP contribution in [0.3, 0.4) is 0 Å². The second kappa shape index (κ2) is 7.68. The fourth-order valence-electron chi connectivity index (χ4n) is 4.12. The fourth-order valence-corrected chi connectivity index (χ4v) is 4.12. The van der Waals surface area contributed by atoms with E-state index in [1.165, 1.54) is 0 Å². The number of nitrogens with zero attached hydrogens (tertiary/aromatic N) is 2. The number of ether oxygens (including phenoxy) is 2. The third-order valence-electron chi connectivity index (χ3n) is 5.54. The van der Waals surface area contributed by atoms with E-state index in [1.54, 1.807) is 25.4 Å². The summed E-state index contributed by atoms with van der Waals surface area (Å²) in [6.07, 6.45) is 1.61. The van der Waals surface area contributed by atoms with Gasteiger partial charge in [-0.15, -0.1) is 0 Å². The SMILES string of the molecule is COc1ccc([C@H]2c3c(-c4ccccc4)n[nH]c3C(=O)N2Cc2ccco2)cc1OC. The third-order valence-corrected chi connectivity index (χ3v) is 5.54. The highest BCUT2D eigenvalue weighted by molar-refractivity contribution is 6.00. The normalized spacial score (nSPS) is 15.2. The van der Waals surface area contributed by atoms with Crippen LogP contribution in [0.15, 0.2) is 71.3 Å². The molecule has 0 unspecified atom stereocenters. The van der Waals surface area contributed by atoms with Crippen molar-refractivity contribution in [2.24, 2.45) is 0 Å². The van der Waals surface area contributed by atoms with Crippen molar-refractivity contribution in [1.82, 2.24) is 15.1 Å². The van der Waals surface area contributed by atoms with Crippen LogP contribution in [0.5, 0.6) is 11.5 Å². The molecule has 2 aromatic carbocycles. The largest absolute Gasteiger partial charge is 0.493 e. The first-order chi connectivity index (χ1) is 15.2. The molecule has 0 spiro atoms. The Labute approximate surface area is 179 Å². The molecule has 1 aliphatic rings. The number of furan rings is 1. The van der Waals surface area contributed by atoms with Crippen molar-refractivity contribution in [2.45, 2.75) is 12.6 Å². The average molecular weight is 415 g/mol. The van der Waals surface area contributed by atoms with E-state index in [-0.39, 0.29) is 11.9 Å². The fraction of sp³-hybridized carbons (Fsp3) is 0.167. The van der Waals surface area contributed by atoms with Gasteiger partial charge in [-0.3, -0.25) is 9.89 Å². The van der Waals surface area contributed by atoms with Crippen LogP contribution in [0.4, 0.5) is 0 Å². The van der Waals surface area contributed by atoms with Crippen molar-refractivity contribution >= 4 is 5.91 Å². The zero-order chi connectivity index (χ0) is 21.4. The molecule has 1 amide bonds. The highest BCUT2D eigenvalue weighted by Crippen LogP contribution is 2.45. The molecular formula is C24H21N3O4. The second-order valence-electron chi connectivity index (χ2n) is 7.26. The van der Waals surface area contributed by atoms with Crippen LogP contribution in [-0.4, -0.2) is 35.2 Å². The number of rotatable bonds is 6. The second-order valence-corrected chi connectivity index (χ2v) is 7.26. The molecule has 1 N–H and O–H groups in total. The van der Waals surface area contributed by atoms with Gasteiger partial charge in [0.25, 0.3) is 5.91 Å². The van der Waals surface area contributed by atoms with Crippen LogP contribution in [0.1, 0.15) is 33.4 Å². The predicted octanol–water partition coefficient (Wildman–Crippen LogP) is 4.43. The zero-order valence-corrected chi connectivity index (χ0v) is 17.2. The lowest BCUT2D eigenvalue weighted by Crippen LogP contribution is -2.29. The number of fused-ring (bicyclic) bond motifs is 1. The number of methoxy groups -OCH3 is 2. The molecule has 0 saturated heterocycles. The summed E-state index contributed by atoms with van der Waals surface area (Å²) < 4.78 is 16.4. The van der Waals surface area contributed by atoms with Gasteiger partial charge in [-0.1, -0.05) is 36.4 Å². The summed E-state index contributed by atoms with van der Waals surface area (Å²) in [7, 11) is 3.20. The van der Waals surface area contributed by atoms with Gasteiger partial charge in [-0.2, -0.15) is 5.10 Å². The molecule has 4 aromatic rings. The summed E-state index contributed by atoms with van der Waals surface area (Å²) >= 11 is 0. The molecule has 0 bridgehead atoms. The van der Waals surface area contributed by atoms with E-state index in [1.807, 2.05) is 60.7 Å². The lowest BCUT2D eigenvalue weighted by Gasteiger charge is -2.26. The van der Waals surface area contributed by atoms with E-state index >= 15 is 0 Å². The van der Waals surface area contributed by atoms with Gasteiger partial charge in [0.05, 0.1) is 38.8 Å². The molecule has 1 aliphatic heterocycles. The lowest BCUT2D eigenvalue weighted by molar-refractivity contribution is 0.0717. The van der Waals surface area contributed by atoms with E-state index in [0.29, 0.717) is 29.5 Å². The van der Waals surface area contributed by atoms with Gasteiger partial charge in [-0.25, -0.2) is 0 Å². The Kier molecular flexibility index (Phi) is 4.71. The zero-order valence-electron chi connectivity index (χ0n) is 17.2. The minimum Gasteiger partial charge on any atom is -0.493 e. The van der Waals surface area contributed by atoms with Gasteiger partial charge in [-0.05, 0) is 29.8 Å². The molecule has 7 heteroatoms. The van der Waals surface area contributed by atoms with Crippen LogP contribution in [0, 0.1) is 0 Å². The summed E-state index contributed by atoms with van der Waals surface area (Å²) in [5, 5.41) is 7.46. The highest BCUT2D eigenvalue weighted by atomic mass is 16.5. The summed E-state index contributed by atoms with van der Waals surface area (Å²) in [4.78, 5) is 15.2. The molecule has 31 heavy (non-hydrogen) atoms. The molecule has 2 aromatic heterocycles. The maximum Gasteiger partial charge on any atom is 0.273 e. The van der Waals surface area contributed by atoms with Crippen molar-refractivity contribution in [2.75, 3.05) is 14.2 Å². The molecule has 5 rings (SSSR count). The Morgan fingerprint density at radius 1 is 1.03 bits per heavy atom. The number of amides is 1. The number of carbonyl (C=O) groups is 1. The van der Waals surface area contributed by atoms with Gasteiger partial charge in [0.1, 0.15) is 11.5 Å². The topological polar surface area (TPSA) is 80.6 Å². The third kappa shape index (κ3) is 3.15.